The van der Waals surface area contributed by atoms with E-state index in [1.807, 2.05) is 0 Å². The SMILES string of the molecule is C#Cc1nc(NC(=O)NC(CO)C(=O)N2CCC3(CC2)CC3)cs1. The molecule has 0 bridgehead atoms. The van der Waals surface area contributed by atoms with Crippen LogP contribution in [0.15, 0.2) is 5.38 Å². The molecule has 3 amide bonds. The standard InChI is InChI=1S/C16H20N4O3S/c1-2-13-18-12(10-24-13)19-15(23)17-11(9-21)14(22)20-7-5-16(3-4-16)6-8-20/h1,10-11,21H,3-9H2,(H2,17,19,23). The molecule has 8 heteroatoms. The third kappa shape index (κ3) is 3.68. The van der Waals surface area contributed by atoms with E-state index in [-0.39, 0.29) is 5.91 Å². The van der Waals surface area contributed by atoms with Gasteiger partial charge >= 0.3 is 6.03 Å². The van der Waals surface area contributed by atoms with E-state index in [0.717, 1.165) is 12.8 Å². The summed E-state index contributed by atoms with van der Waals surface area (Å²) >= 11 is 1.24. The number of hydrogen-bond acceptors (Lipinski definition) is 5. The van der Waals surface area contributed by atoms with Gasteiger partial charge in [-0.2, -0.15) is 0 Å². The number of likely N-dealkylation sites (tertiary alicyclic amines) is 1. The lowest BCUT2D eigenvalue weighted by atomic mass is 9.93. The summed E-state index contributed by atoms with van der Waals surface area (Å²) in [5.74, 6) is 2.46. The molecule has 1 aliphatic carbocycles. The number of aromatic nitrogens is 1. The van der Waals surface area contributed by atoms with Crippen LogP contribution < -0.4 is 10.6 Å². The average molecular weight is 348 g/mol. The molecule has 1 spiro atoms. The van der Waals surface area contributed by atoms with Crippen molar-refractivity contribution in [1.82, 2.24) is 15.2 Å². The first-order chi connectivity index (χ1) is 11.5. The average Bonchev–Trinajstić information content (AvgIpc) is 3.18. The van der Waals surface area contributed by atoms with Crippen LogP contribution in [0.4, 0.5) is 10.6 Å². The highest BCUT2D eigenvalue weighted by molar-refractivity contribution is 7.10. The second kappa shape index (κ2) is 6.79. The highest BCUT2D eigenvalue weighted by Gasteiger charge is 2.45. The van der Waals surface area contributed by atoms with Crippen LogP contribution in [0.1, 0.15) is 30.7 Å². The van der Waals surface area contributed by atoms with E-state index in [1.54, 1.807) is 10.3 Å². The number of terminal acetylenes is 1. The molecule has 0 radical (unpaired) electrons. The molecule has 0 aromatic carbocycles. The van der Waals surface area contributed by atoms with Gasteiger partial charge in [-0.3, -0.25) is 10.1 Å². The van der Waals surface area contributed by atoms with Crippen molar-refractivity contribution < 1.29 is 14.7 Å². The Hall–Kier alpha value is -2.11. The van der Waals surface area contributed by atoms with Crippen molar-refractivity contribution in [1.29, 1.82) is 0 Å². The third-order valence-corrected chi connectivity index (χ3v) is 5.52. The number of rotatable bonds is 4. The van der Waals surface area contributed by atoms with Gasteiger partial charge in [0.2, 0.25) is 5.91 Å². The number of aliphatic hydroxyl groups excluding tert-OH is 1. The zero-order valence-corrected chi connectivity index (χ0v) is 14.1. The second-order valence-electron chi connectivity index (χ2n) is 6.34. The summed E-state index contributed by atoms with van der Waals surface area (Å²) in [5, 5.41) is 16.6. The maximum absolute atomic E-state index is 12.5. The first-order valence-electron chi connectivity index (χ1n) is 7.94. The van der Waals surface area contributed by atoms with Crippen LogP contribution in [0, 0.1) is 17.8 Å². The highest BCUT2D eigenvalue weighted by Crippen LogP contribution is 2.53. The van der Waals surface area contributed by atoms with Gasteiger partial charge in [0.05, 0.1) is 6.61 Å². The molecule has 128 valence electrons. The predicted octanol–water partition coefficient (Wildman–Crippen LogP) is 1.01. The maximum Gasteiger partial charge on any atom is 0.321 e. The van der Waals surface area contributed by atoms with Gasteiger partial charge in [-0.15, -0.1) is 17.8 Å². The van der Waals surface area contributed by atoms with Gasteiger partial charge in [-0.25, -0.2) is 9.78 Å². The first-order valence-corrected chi connectivity index (χ1v) is 8.82. The van der Waals surface area contributed by atoms with Crippen molar-refractivity contribution >= 4 is 29.1 Å². The summed E-state index contributed by atoms with van der Waals surface area (Å²) in [6.45, 7) is 0.938. The first kappa shape index (κ1) is 16.7. The van der Waals surface area contributed by atoms with Crippen molar-refractivity contribution in [2.45, 2.75) is 31.7 Å². The molecule has 24 heavy (non-hydrogen) atoms. The summed E-state index contributed by atoms with van der Waals surface area (Å²) in [6, 6.07) is -1.55. The molecule has 2 fully saturated rings. The Morgan fingerprint density at radius 1 is 1.42 bits per heavy atom. The van der Waals surface area contributed by atoms with E-state index < -0.39 is 18.7 Å². The number of piperidine rings is 1. The molecule has 1 aliphatic heterocycles. The van der Waals surface area contributed by atoms with Gasteiger partial charge in [0.25, 0.3) is 0 Å². The monoisotopic (exact) mass is 348 g/mol. The summed E-state index contributed by atoms with van der Waals surface area (Å²) in [6.07, 6.45) is 9.76. The summed E-state index contributed by atoms with van der Waals surface area (Å²) in [7, 11) is 0. The molecule has 3 rings (SSSR count). The van der Waals surface area contributed by atoms with Crippen LogP contribution in [0.25, 0.3) is 0 Å². The Labute approximate surface area is 144 Å². The van der Waals surface area contributed by atoms with Gasteiger partial charge in [-0.05, 0) is 37.0 Å². The number of anilines is 1. The van der Waals surface area contributed by atoms with Gasteiger partial charge in [0.1, 0.15) is 11.9 Å². The number of amides is 3. The number of hydrogen-bond donors (Lipinski definition) is 3. The second-order valence-corrected chi connectivity index (χ2v) is 7.20. The fourth-order valence-electron chi connectivity index (χ4n) is 2.99. The van der Waals surface area contributed by atoms with Gasteiger partial charge < -0.3 is 15.3 Å². The molecule has 2 heterocycles. The van der Waals surface area contributed by atoms with Crippen molar-refractivity contribution in [2.24, 2.45) is 5.41 Å². The van der Waals surface area contributed by atoms with E-state index in [9.17, 15) is 14.7 Å². The Morgan fingerprint density at radius 2 is 2.12 bits per heavy atom. The molecule has 3 N–H and O–H groups in total. The zero-order valence-electron chi connectivity index (χ0n) is 13.2. The van der Waals surface area contributed by atoms with Crippen LogP contribution in [-0.4, -0.2) is 52.7 Å². The summed E-state index contributed by atoms with van der Waals surface area (Å²) in [4.78, 5) is 30.2. The molecule has 2 aliphatic rings. The zero-order chi connectivity index (χ0) is 17.2. The lowest BCUT2D eigenvalue weighted by Crippen LogP contribution is -2.53. The van der Waals surface area contributed by atoms with Crippen molar-refractivity contribution in [3.63, 3.8) is 0 Å². The minimum Gasteiger partial charge on any atom is -0.394 e. The Morgan fingerprint density at radius 3 is 2.67 bits per heavy atom. The van der Waals surface area contributed by atoms with Crippen molar-refractivity contribution in [2.75, 3.05) is 25.0 Å². The van der Waals surface area contributed by atoms with Crippen molar-refractivity contribution in [3.8, 4) is 12.3 Å². The highest BCUT2D eigenvalue weighted by atomic mass is 32.1. The van der Waals surface area contributed by atoms with E-state index >= 15 is 0 Å². The molecule has 7 nitrogen and oxygen atoms in total. The molecule has 1 unspecified atom stereocenters. The maximum atomic E-state index is 12.5. The van der Waals surface area contributed by atoms with E-state index in [4.69, 9.17) is 6.42 Å². The minimum absolute atomic E-state index is 0.245. The number of nitrogens with zero attached hydrogens (tertiary/aromatic N) is 2. The fourth-order valence-corrected chi connectivity index (χ4v) is 3.55. The smallest absolute Gasteiger partial charge is 0.321 e. The lowest BCUT2D eigenvalue weighted by molar-refractivity contribution is -0.135. The topological polar surface area (TPSA) is 94.6 Å². The van der Waals surface area contributed by atoms with Gasteiger partial charge in [0.15, 0.2) is 5.01 Å². The molecule has 1 aromatic rings. The fraction of sp³-hybridized carbons (Fsp3) is 0.562. The minimum atomic E-state index is -0.955. The molecule has 1 aromatic heterocycles. The lowest BCUT2D eigenvalue weighted by Gasteiger charge is -2.34. The Kier molecular flexibility index (Phi) is 4.73. The normalized spacial score (nSPS) is 19.4. The van der Waals surface area contributed by atoms with Gasteiger partial charge in [0, 0.05) is 18.5 Å². The predicted molar refractivity (Wildman–Crippen MR) is 90.6 cm³/mol. The Balaban J connectivity index is 1.52. The van der Waals surface area contributed by atoms with Crippen LogP contribution >= 0.6 is 11.3 Å². The summed E-state index contributed by atoms with van der Waals surface area (Å²) < 4.78 is 0. The largest absolute Gasteiger partial charge is 0.394 e. The van der Waals surface area contributed by atoms with Crippen LogP contribution in [0.5, 0.6) is 0 Å². The van der Waals surface area contributed by atoms with E-state index in [1.165, 1.54) is 24.2 Å². The van der Waals surface area contributed by atoms with Crippen LogP contribution in [0.3, 0.4) is 0 Å². The number of nitrogens with one attached hydrogen (secondary N) is 2. The molecular formula is C16H20N4O3S. The molecule has 1 saturated heterocycles. The third-order valence-electron chi connectivity index (χ3n) is 4.75. The molecular weight excluding hydrogens is 328 g/mol. The van der Waals surface area contributed by atoms with Crippen LogP contribution in [0.2, 0.25) is 0 Å². The van der Waals surface area contributed by atoms with Gasteiger partial charge in [-0.1, -0.05) is 0 Å². The molecule has 1 atom stereocenters. The number of carbonyl (C=O) groups is 2. The van der Waals surface area contributed by atoms with E-state index in [0.29, 0.717) is 29.3 Å². The number of thiazole rings is 1. The number of aliphatic hydroxyl groups is 1. The van der Waals surface area contributed by atoms with E-state index in [2.05, 4.69) is 21.5 Å². The quantitative estimate of drug-likeness (QED) is 0.708. The van der Waals surface area contributed by atoms with Crippen LogP contribution in [-0.2, 0) is 4.79 Å². The van der Waals surface area contributed by atoms with Crippen molar-refractivity contribution in [3.05, 3.63) is 10.4 Å². The number of carbonyl (C=O) groups excluding carboxylic acids is 2. The Bertz CT molecular complexity index is 667. The summed E-state index contributed by atoms with van der Waals surface area (Å²) in [5.41, 5.74) is 0.468. The molecule has 1 saturated carbocycles. The number of urea groups is 1.